The molecule has 1 unspecified atom stereocenters. The molecule has 1 saturated heterocycles. The molecule has 0 bridgehead atoms. The number of amides is 1. The van der Waals surface area contributed by atoms with Crippen molar-refractivity contribution in [3.8, 4) is 0 Å². The lowest BCUT2D eigenvalue weighted by Crippen LogP contribution is -2.55. The van der Waals surface area contributed by atoms with E-state index in [0.29, 0.717) is 19.4 Å². The molecule has 1 aromatic carbocycles. The van der Waals surface area contributed by atoms with Gasteiger partial charge in [0.2, 0.25) is 0 Å². The number of likely N-dealkylation sites (tertiary alicyclic amines) is 1. The number of hydrogen-bond donors (Lipinski definition) is 1. The third kappa shape index (κ3) is 2.80. The highest BCUT2D eigenvalue weighted by atomic mass is 16.6. The van der Waals surface area contributed by atoms with Crippen LogP contribution in [0.25, 0.3) is 0 Å². The largest absolute Gasteiger partial charge is 0.480 e. The van der Waals surface area contributed by atoms with Crippen LogP contribution in [0.3, 0.4) is 0 Å². The van der Waals surface area contributed by atoms with Crippen LogP contribution in [0.15, 0.2) is 30.3 Å². The summed E-state index contributed by atoms with van der Waals surface area (Å²) in [7, 11) is 0. The second-order valence-corrected chi connectivity index (χ2v) is 4.19. The van der Waals surface area contributed by atoms with E-state index < -0.39 is 18.1 Å². The van der Waals surface area contributed by atoms with Crippen molar-refractivity contribution in [3.63, 3.8) is 0 Å². The number of benzene rings is 1. The van der Waals surface area contributed by atoms with Gasteiger partial charge in [-0.15, -0.1) is 0 Å². The smallest absolute Gasteiger partial charge is 0.410 e. The molecule has 1 amide bonds. The summed E-state index contributed by atoms with van der Waals surface area (Å²) in [5.74, 6) is -0.971. The fourth-order valence-corrected chi connectivity index (χ4v) is 1.85. The van der Waals surface area contributed by atoms with Gasteiger partial charge in [0.1, 0.15) is 6.04 Å². The molecule has 1 heterocycles. The van der Waals surface area contributed by atoms with Crippen molar-refractivity contribution in [2.45, 2.75) is 18.9 Å². The standard InChI is InChI=1S/C13H15NO4/c15-12(16)11-6-8-14(11)13(17)18-9-7-10-4-2-1-3-5-10/h1-5,11H,6-9H2,(H,15,16). The van der Waals surface area contributed by atoms with E-state index in [1.807, 2.05) is 30.3 Å². The van der Waals surface area contributed by atoms with Gasteiger partial charge >= 0.3 is 12.1 Å². The maximum atomic E-state index is 11.6. The minimum Gasteiger partial charge on any atom is -0.480 e. The van der Waals surface area contributed by atoms with Crippen molar-refractivity contribution in [2.75, 3.05) is 13.2 Å². The summed E-state index contributed by atoms with van der Waals surface area (Å²) in [6.45, 7) is 0.729. The molecule has 1 aliphatic heterocycles. The van der Waals surface area contributed by atoms with Crippen molar-refractivity contribution < 1.29 is 19.4 Å². The zero-order chi connectivity index (χ0) is 13.0. The minimum absolute atomic E-state index is 0.270. The van der Waals surface area contributed by atoms with Crippen LogP contribution in [0.5, 0.6) is 0 Å². The highest BCUT2D eigenvalue weighted by molar-refractivity contribution is 5.81. The molecule has 96 valence electrons. The third-order valence-electron chi connectivity index (χ3n) is 3.00. The number of carbonyl (C=O) groups is 2. The molecule has 0 aromatic heterocycles. The van der Waals surface area contributed by atoms with E-state index in [4.69, 9.17) is 9.84 Å². The lowest BCUT2D eigenvalue weighted by Gasteiger charge is -2.36. The molecular weight excluding hydrogens is 234 g/mol. The summed E-state index contributed by atoms with van der Waals surface area (Å²) in [6, 6.07) is 8.97. The number of carboxylic acid groups (broad SMARTS) is 1. The molecule has 0 aliphatic carbocycles. The Labute approximate surface area is 105 Å². The van der Waals surface area contributed by atoms with Crippen molar-refractivity contribution in [1.29, 1.82) is 0 Å². The Bertz CT molecular complexity index is 432. The number of nitrogens with zero attached hydrogens (tertiary/aromatic N) is 1. The van der Waals surface area contributed by atoms with Gasteiger partial charge in [0.05, 0.1) is 6.61 Å². The first-order valence-electron chi connectivity index (χ1n) is 5.88. The number of hydrogen-bond acceptors (Lipinski definition) is 3. The maximum Gasteiger partial charge on any atom is 0.410 e. The molecule has 1 fully saturated rings. The normalized spacial score (nSPS) is 18.0. The Morgan fingerprint density at radius 3 is 2.61 bits per heavy atom. The Hall–Kier alpha value is -2.04. The Kier molecular flexibility index (Phi) is 3.82. The first kappa shape index (κ1) is 12.4. The summed E-state index contributed by atoms with van der Waals surface area (Å²) >= 11 is 0. The van der Waals surface area contributed by atoms with Gasteiger partial charge in [-0.2, -0.15) is 0 Å². The molecule has 1 N–H and O–H groups in total. The van der Waals surface area contributed by atoms with Gasteiger partial charge in [0, 0.05) is 13.0 Å². The van der Waals surface area contributed by atoms with Crippen LogP contribution in [-0.2, 0) is 16.0 Å². The molecule has 1 aromatic rings. The van der Waals surface area contributed by atoms with E-state index in [2.05, 4.69) is 0 Å². The molecular formula is C13H15NO4. The van der Waals surface area contributed by atoms with Crippen molar-refractivity contribution in [1.82, 2.24) is 4.90 Å². The SMILES string of the molecule is O=C(O)C1CCN1C(=O)OCCc1ccccc1. The number of aliphatic carboxylic acids is 1. The van der Waals surface area contributed by atoms with Crippen molar-refractivity contribution in [2.24, 2.45) is 0 Å². The van der Waals surface area contributed by atoms with Crippen LogP contribution in [0, 0.1) is 0 Å². The van der Waals surface area contributed by atoms with Gasteiger partial charge in [-0.1, -0.05) is 30.3 Å². The highest BCUT2D eigenvalue weighted by Gasteiger charge is 2.38. The van der Waals surface area contributed by atoms with Crippen molar-refractivity contribution >= 4 is 12.1 Å². The fraction of sp³-hybridized carbons (Fsp3) is 0.385. The molecule has 5 nitrogen and oxygen atoms in total. The Morgan fingerprint density at radius 1 is 1.33 bits per heavy atom. The maximum absolute atomic E-state index is 11.6. The van der Waals surface area contributed by atoms with Gasteiger partial charge in [-0.3, -0.25) is 4.90 Å². The predicted molar refractivity (Wildman–Crippen MR) is 64.2 cm³/mol. The first-order valence-corrected chi connectivity index (χ1v) is 5.88. The molecule has 1 atom stereocenters. The number of ether oxygens (including phenoxy) is 1. The lowest BCUT2D eigenvalue weighted by atomic mass is 10.1. The summed E-state index contributed by atoms with van der Waals surface area (Å²) in [5, 5.41) is 8.81. The second kappa shape index (κ2) is 5.53. The van der Waals surface area contributed by atoms with Crippen molar-refractivity contribution in [3.05, 3.63) is 35.9 Å². The van der Waals surface area contributed by atoms with Gasteiger partial charge in [-0.05, 0) is 12.0 Å². The third-order valence-corrected chi connectivity index (χ3v) is 3.00. The molecule has 0 spiro atoms. The topological polar surface area (TPSA) is 66.8 Å². The number of carbonyl (C=O) groups excluding carboxylic acids is 1. The molecule has 5 heteroatoms. The predicted octanol–water partition coefficient (Wildman–Crippen LogP) is 1.52. The summed E-state index contributed by atoms with van der Waals surface area (Å²) in [4.78, 5) is 23.6. The Morgan fingerprint density at radius 2 is 2.06 bits per heavy atom. The minimum atomic E-state index is -0.971. The lowest BCUT2D eigenvalue weighted by molar-refractivity contribution is -0.146. The molecule has 2 rings (SSSR count). The monoisotopic (exact) mass is 249 g/mol. The van der Waals surface area contributed by atoms with Crippen LogP contribution in [0.1, 0.15) is 12.0 Å². The zero-order valence-corrected chi connectivity index (χ0v) is 9.91. The molecule has 18 heavy (non-hydrogen) atoms. The summed E-state index contributed by atoms with van der Waals surface area (Å²) in [6.07, 6.45) is 0.603. The average Bonchev–Trinajstić information content (AvgIpc) is 2.28. The number of carboxylic acids is 1. The molecule has 0 radical (unpaired) electrons. The quantitative estimate of drug-likeness (QED) is 0.878. The van der Waals surface area contributed by atoms with Crippen LogP contribution in [0.4, 0.5) is 4.79 Å². The van der Waals surface area contributed by atoms with Crippen LogP contribution >= 0.6 is 0 Å². The van der Waals surface area contributed by atoms with E-state index >= 15 is 0 Å². The average molecular weight is 249 g/mol. The Balaban J connectivity index is 1.74. The van der Waals surface area contributed by atoms with Crippen LogP contribution in [0.2, 0.25) is 0 Å². The summed E-state index contributed by atoms with van der Waals surface area (Å²) < 4.78 is 5.05. The highest BCUT2D eigenvalue weighted by Crippen LogP contribution is 2.18. The van der Waals surface area contributed by atoms with E-state index in [9.17, 15) is 9.59 Å². The van der Waals surface area contributed by atoms with E-state index in [0.717, 1.165) is 5.56 Å². The van der Waals surface area contributed by atoms with Gasteiger partial charge in [0.25, 0.3) is 0 Å². The first-order chi connectivity index (χ1) is 8.68. The van der Waals surface area contributed by atoms with Crippen LogP contribution in [-0.4, -0.2) is 41.3 Å². The molecule has 1 aliphatic rings. The van der Waals surface area contributed by atoms with E-state index in [1.165, 1.54) is 4.90 Å². The number of rotatable bonds is 4. The molecule has 0 saturated carbocycles. The van der Waals surface area contributed by atoms with Gasteiger partial charge in [-0.25, -0.2) is 9.59 Å². The fourth-order valence-electron chi connectivity index (χ4n) is 1.85. The second-order valence-electron chi connectivity index (χ2n) is 4.19. The van der Waals surface area contributed by atoms with E-state index in [1.54, 1.807) is 0 Å². The summed E-state index contributed by atoms with van der Waals surface area (Å²) in [5.41, 5.74) is 1.09. The van der Waals surface area contributed by atoms with Gasteiger partial charge < -0.3 is 9.84 Å². The van der Waals surface area contributed by atoms with Crippen LogP contribution < -0.4 is 0 Å². The van der Waals surface area contributed by atoms with E-state index in [-0.39, 0.29) is 6.61 Å². The van der Waals surface area contributed by atoms with Gasteiger partial charge in [0.15, 0.2) is 0 Å². The zero-order valence-electron chi connectivity index (χ0n) is 9.91.